The van der Waals surface area contributed by atoms with E-state index in [1.165, 1.54) is 5.56 Å². The number of guanidine groups is 1. The Morgan fingerprint density at radius 1 is 1.08 bits per heavy atom. The average molecular weight is 508 g/mol. The summed E-state index contributed by atoms with van der Waals surface area (Å²) in [6, 6.07) is 17.8. The number of unbranched alkanes of at least 4 members (excludes halogenated alkanes) is 1. The van der Waals surface area contributed by atoms with Crippen LogP contribution in [0.2, 0.25) is 0 Å². The van der Waals surface area contributed by atoms with Crippen molar-refractivity contribution in [3.8, 4) is 17.0 Å². The molecule has 3 aromatic rings. The number of ether oxygens (including phenoxy) is 1. The van der Waals surface area contributed by atoms with Crippen LogP contribution in [0.25, 0.3) is 11.3 Å². The van der Waals surface area contributed by atoms with Gasteiger partial charge in [0.15, 0.2) is 11.8 Å². The number of methoxy groups -OCH3 is 1. The molecule has 0 unspecified atom stereocenters. The van der Waals surface area contributed by atoms with Crippen molar-refractivity contribution in [2.45, 2.75) is 32.7 Å². The van der Waals surface area contributed by atoms with Crippen molar-refractivity contribution < 1.29 is 9.53 Å². The Labute approximate surface area is 217 Å². The fourth-order valence-electron chi connectivity index (χ4n) is 3.49. The van der Waals surface area contributed by atoms with E-state index in [1.807, 2.05) is 49.4 Å². The monoisotopic (exact) mass is 507 g/mol. The summed E-state index contributed by atoms with van der Waals surface area (Å²) in [5, 5.41) is 5.71. The molecule has 1 heterocycles. The second kappa shape index (κ2) is 16.4. The van der Waals surface area contributed by atoms with E-state index < -0.39 is 0 Å². The molecular formula is C27H37N7O3. The van der Waals surface area contributed by atoms with Crippen molar-refractivity contribution in [2.75, 3.05) is 32.1 Å². The highest BCUT2D eigenvalue weighted by Gasteiger charge is 2.11. The summed E-state index contributed by atoms with van der Waals surface area (Å²) in [6.45, 7) is 4.52. The molecule has 0 spiro atoms. The van der Waals surface area contributed by atoms with Gasteiger partial charge in [0.25, 0.3) is 5.56 Å². The Morgan fingerprint density at radius 3 is 2.43 bits per heavy atom. The van der Waals surface area contributed by atoms with Crippen LogP contribution in [-0.4, -0.2) is 48.7 Å². The van der Waals surface area contributed by atoms with Gasteiger partial charge in [0.05, 0.1) is 19.0 Å². The third kappa shape index (κ3) is 10.0. The summed E-state index contributed by atoms with van der Waals surface area (Å²) in [4.78, 5) is 30.7. The fraction of sp³-hybridized carbons (Fsp3) is 0.333. The predicted molar refractivity (Wildman–Crippen MR) is 149 cm³/mol. The predicted octanol–water partition coefficient (Wildman–Crippen LogP) is 2.38. The summed E-state index contributed by atoms with van der Waals surface area (Å²) >= 11 is 0. The molecule has 6 N–H and O–H groups in total. The van der Waals surface area contributed by atoms with Crippen molar-refractivity contribution in [3.05, 3.63) is 76.7 Å². The van der Waals surface area contributed by atoms with Gasteiger partial charge in [-0.2, -0.15) is 0 Å². The molecule has 0 aliphatic carbocycles. The van der Waals surface area contributed by atoms with Crippen molar-refractivity contribution >= 4 is 18.2 Å². The molecule has 10 heteroatoms. The van der Waals surface area contributed by atoms with E-state index in [1.54, 1.807) is 17.9 Å². The van der Waals surface area contributed by atoms with E-state index in [0.29, 0.717) is 38.4 Å². The minimum atomic E-state index is -0.103. The van der Waals surface area contributed by atoms with Crippen LogP contribution in [0.15, 0.2) is 70.6 Å². The number of carbonyl (C=O) groups is 1. The van der Waals surface area contributed by atoms with Crippen molar-refractivity contribution in [1.82, 2.24) is 14.9 Å². The number of nitrogens with one attached hydrogen (secondary N) is 2. The first-order chi connectivity index (χ1) is 18.0. The van der Waals surface area contributed by atoms with Gasteiger partial charge in [-0.3, -0.25) is 14.6 Å². The van der Waals surface area contributed by atoms with Gasteiger partial charge in [-0.05, 0) is 56.0 Å². The van der Waals surface area contributed by atoms with E-state index in [-0.39, 0.29) is 11.5 Å². The first kappa shape index (κ1) is 28.9. The van der Waals surface area contributed by atoms with Crippen molar-refractivity contribution in [3.63, 3.8) is 0 Å². The zero-order chi connectivity index (χ0) is 26.9. The first-order valence-corrected chi connectivity index (χ1v) is 12.2. The Morgan fingerprint density at radius 2 is 1.81 bits per heavy atom. The third-order valence-corrected chi connectivity index (χ3v) is 5.41. The molecule has 2 aromatic carbocycles. The molecule has 0 saturated carbocycles. The summed E-state index contributed by atoms with van der Waals surface area (Å²) in [5.74, 6) is 1.29. The number of anilines is 1. The Kier molecular flexibility index (Phi) is 12.8. The molecule has 0 aliphatic rings. The molecule has 0 fully saturated rings. The molecule has 3 rings (SSSR count). The highest BCUT2D eigenvalue weighted by Crippen LogP contribution is 2.21. The number of nitrogens with two attached hydrogens (primary N) is 2. The van der Waals surface area contributed by atoms with Crippen LogP contribution in [0.5, 0.6) is 5.75 Å². The molecule has 0 atom stereocenters. The van der Waals surface area contributed by atoms with Gasteiger partial charge in [0.2, 0.25) is 6.41 Å². The quantitative estimate of drug-likeness (QED) is 0.120. The number of rotatable bonds is 13. The van der Waals surface area contributed by atoms with Crippen molar-refractivity contribution in [2.24, 2.45) is 16.5 Å². The third-order valence-electron chi connectivity index (χ3n) is 5.41. The SMILES string of the molecule is CCn1c(-c2ccc(OC)cc2)cnc(NCCc2ccccc2)c1=O.NC(N)=NCCCCNC=O. The molecule has 0 saturated heterocycles. The van der Waals surface area contributed by atoms with Gasteiger partial charge in [-0.15, -0.1) is 0 Å². The first-order valence-electron chi connectivity index (χ1n) is 12.2. The maximum Gasteiger partial charge on any atom is 0.293 e. The van der Waals surface area contributed by atoms with E-state index >= 15 is 0 Å². The molecule has 0 radical (unpaired) electrons. The Balaban J connectivity index is 0.000000371. The summed E-state index contributed by atoms with van der Waals surface area (Å²) in [5.41, 5.74) is 13.0. The fourth-order valence-corrected chi connectivity index (χ4v) is 3.49. The van der Waals surface area contributed by atoms with E-state index in [9.17, 15) is 9.59 Å². The standard InChI is InChI=1S/C21H23N3O2.C6H14N4O/c1-3-24-19(17-9-11-18(26-2)12-10-17)15-23-20(21(24)25)22-14-13-16-7-5-4-6-8-16;7-6(8)10-4-2-1-3-9-5-11/h4-12,15H,3,13-14H2,1-2H3,(H,22,23);5H,1-4H2,(H,9,11)(H4,7,8,10). The van der Waals surface area contributed by atoms with Crippen LogP contribution in [-0.2, 0) is 17.8 Å². The number of aliphatic imine (C=N–C) groups is 1. The van der Waals surface area contributed by atoms with E-state index in [0.717, 1.165) is 36.3 Å². The number of nitrogens with zero attached hydrogens (tertiary/aromatic N) is 3. The molecule has 0 bridgehead atoms. The highest BCUT2D eigenvalue weighted by atomic mass is 16.5. The van der Waals surface area contributed by atoms with Gasteiger partial charge in [0, 0.05) is 31.7 Å². The van der Waals surface area contributed by atoms with Gasteiger partial charge in [-0.25, -0.2) is 4.98 Å². The molecule has 1 amide bonds. The molecule has 10 nitrogen and oxygen atoms in total. The van der Waals surface area contributed by atoms with Crippen LogP contribution < -0.4 is 32.4 Å². The Hall–Kier alpha value is -4.34. The molecule has 37 heavy (non-hydrogen) atoms. The van der Waals surface area contributed by atoms with E-state index in [2.05, 4.69) is 32.7 Å². The van der Waals surface area contributed by atoms with Crippen LogP contribution in [0, 0.1) is 0 Å². The van der Waals surface area contributed by atoms with Crippen LogP contribution >= 0.6 is 0 Å². The molecule has 0 aliphatic heterocycles. The molecule has 198 valence electrons. The zero-order valence-electron chi connectivity index (χ0n) is 21.5. The Bertz CT molecular complexity index is 1160. The zero-order valence-corrected chi connectivity index (χ0v) is 21.5. The minimum Gasteiger partial charge on any atom is -0.497 e. The average Bonchev–Trinajstić information content (AvgIpc) is 2.92. The number of carbonyl (C=O) groups excluding carboxylic acids is 1. The van der Waals surface area contributed by atoms with Gasteiger partial charge >= 0.3 is 0 Å². The van der Waals surface area contributed by atoms with Crippen molar-refractivity contribution in [1.29, 1.82) is 0 Å². The summed E-state index contributed by atoms with van der Waals surface area (Å²) in [6.07, 6.45) is 5.06. The van der Waals surface area contributed by atoms with E-state index in [4.69, 9.17) is 16.2 Å². The second-order valence-electron chi connectivity index (χ2n) is 8.02. The molecule has 1 aromatic heterocycles. The highest BCUT2D eigenvalue weighted by molar-refractivity contribution is 5.75. The maximum atomic E-state index is 12.8. The second-order valence-corrected chi connectivity index (χ2v) is 8.02. The van der Waals surface area contributed by atoms with Crippen LogP contribution in [0.1, 0.15) is 25.3 Å². The number of aromatic nitrogens is 2. The molecular weight excluding hydrogens is 470 g/mol. The minimum absolute atomic E-state index is 0.103. The lowest BCUT2D eigenvalue weighted by molar-refractivity contribution is -0.109. The maximum absolute atomic E-state index is 12.8. The summed E-state index contributed by atoms with van der Waals surface area (Å²) in [7, 11) is 1.63. The smallest absolute Gasteiger partial charge is 0.293 e. The number of benzene rings is 2. The number of hydrogen-bond acceptors (Lipinski definition) is 6. The lowest BCUT2D eigenvalue weighted by Crippen LogP contribution is -2.26. The van der Waals surface area contributed by atoms with Crippen LogP contribution in [0.3, 0.4) is 0 Å². The van der Waals surface area contributed by atoms with Gasteiger partial charge < -0.3 is 31.4 Å². The number of amides is 1. The van der Waals surface area contributed by atoms with Gasteiger partial charge in [0.1, 0.15) is 5.75 Å². The summed E-state index contributed by atoms with van der Waals surface area (Å²) < 4.78 is 6.93. The lowest BCUT2D eigenvalue weighted by atomic mass is 10.1. The normalized spacial score (nSPS) is 10.0. The largest absolute Gasteiger partial charge is 0.497 e. The topological polar surface area (TPSA) is 150 Å². The lowest BCUT2D eigenvalue weighted by Gasteiger charge is -2.13. The van der Waals surface area contributed by atoms with Crippen LogP contribution in [0.4, 0.5) is 5.82 Å². The number of hydrogen-bond donors (Lipinski definition) is 4. The van der Waals surface area contributed by atoms with Gasteiger partial charge in [-0.1, -0.05) is 30.3 Å².